The number of alkyl halides is 1. The minimum atomic E-state index is -2.25. The van der Waals surface area contributed by atoms with Gasteiger partial charge in [-0.1, -0.05) is 22.0 Å². The van der Waals surface area contributed by atoms with Crippen LogP contribution in [-0.4, -0.2) is 23.9 Å². The van der Waals surface area contributed by atoms with Crippen LogP contribution in [0.25, 0.3) is 0 Å². The molecule has 0 aromatic heterocycles. The SMILES string of the molecule is CCOC(=O)C(F)C(C)(O)c1ccc(F)cc1Br. The Morgan fingerprint density at radius 1 is 1.61 bits per heavy atom. The topological polar surface area (TPSA) is 46.5 Å². The second-order valence-electron chi connectivity index (χ2n) is 3.89. The van der Waals surface area contributed by atoms with E-state index in [0.29, 0.717) is 0 Å². The number of halogens is 3. The van der Waals surface area contributed by atoms with E-state index < -0.39 is 23.6 Å². The zero-order valence-electron chi connectivity index (χ0n) is 9.91. The number of aliphatic hydroxyl groups is 1. The molecule has 100 valence electrons. The summed E-state index contributed by atoms with van der Waals surface area (Å²) >= 11 is 3.02. The zero-order valence-corrected chi connectivity index (χ0v) is 11.5. The second-order valence-corrected chi connectivity index (χ2v) is 4.74. The van der Waals surface area contributed by atoms with Crippen molar-refractivity contribution in [2.45, 2.75) is 25.6 Å². The number of rotatable bonds is 4. The normalized spacial score (nSPS) is 15.9. The number of hydrogen-bond donors (Lipinski definition) is 1. The number of ether oxygens (including phenoxy) is 1. The number of carbonyl (C=O) groups excluding carboxylic acids is 1. The number of benzene rings is 1. The van der Waals surface area contributed by atoms with Gasteiger partial charge in [-0.15, -0.1) is 0 Å². The summed E-state index contributed by atoms with van der Waals surface area (Å²) in [4.78, 5) is 11.3. The third-order valence-electron chi connectivity index (χ3n) is 2.46. The number of hydrogen-bond acceptors (Lipinski definition) is 3. The smallest absolute Gasteiger partial charge is 0.344 e. The van der Waals surface area contributed by atoms with Crippen LogP contribution in [0.1, 0.15) is 19.4 Å². The molecule has 0 heterocycles. The summed E-state index contributed by atoms with van der Waals surface area (Å²) in [6, 6.07) is 3.37. The molecule has 3 nitrogen and oxygen atoms in total. The van der Waals surface area contributed by atoms with Crippen LogP contribution < -0.4 is 0 Å². The summed E-state index contributed by atoms with van der Waals surface area (Å²) in [6.07, 6.45) is -2.25. The second kappa shape index (κ2) is 5.75. The highest BCUT2D eigenvalue weighted by molar-refractivity contribution is 9.10. The summed E-state index contributed by atoms with van der Waals surface area (Å²) < 4.78 is 31.5. The van der Waals surface area contributed by atoms with Gasteiger partial charge in [0.25, 0.3) is 0 Å². The van der Waals surface area contributed by atoms with Crippen molar-refractivity contribution in [2.24, 2.45) is 0 Å². The Labute approximate surface area is 112 Å². The molecule has 6 heteroatoms. The minimum absolute atomic E-state index is 0.0138. The van der Waals surface area contributed by atoms with E-state index in [1.54, 1.807) is 0 Å². The average Bonchev–Trinajstić information content (AvgIpc) is 2.27. The molecule has 0 aliphatic rings. The first-order valence-corrected chi connectivity index (χ1v) is 6.08. The van der Waals surface area contributed by atoms with Crippen molar-refractivity contribution in [2.75, 3.05) is 6.61 Å². The molecule has 0 fully saturated rings. The Balaban J connectivity index is 3.08. The average molecular weight is 323 g/mol. The van der Waals surface area contributed by atoms with Crippen LogP contribution in [0.4, 0.5) is 8.78 Å². The molecule has 2 unspecified atom stereocenters. The van der Waals surface area contributed by atoms with E-state index >= 15 is 0 Å². The molecule has 0 aliphatic heterocycles. The van der Waals surface area contributed by atoms with Gasteiger partial charge in [0.05, 0.1) is 6.61 Å². The van der Waals surface area contributed by atoms with Gasteiger partial charge < -0.3 is 9.84 Å². The van der Waals surface area contributed by atoms with Crippen LogP contribution in [0.3, 0.4) is 0 Å². The van der Waals surface area contributed by atoms with E-state index in [9.17, 15) is 18.7 Å². The van der Waals surface area contributed by atoms with Gasteiger partial charge in [-0.25, -0.2) is 13.6 Å². The first kappa shape index (κ1) is 15.0. The van der Waals surface area contributed by atoms with Gasteiger partial charge in [0, 0.05) is 10.0 Å². The molecular formula is C12H13BrF2O3. The van der Waals surface area contributed by atoms with Crippen molar-refractivity contribution in [1.82, 2.24) is 0 Å². The predicted molar refractivity (Wildman–Crippen MR) is 65.2 cm³/mol. The molecule has 1 aromatic carbocycles. The Kier molecular flexibility index (Phi) is 4.81. The van der Waals surface area contributed by atoms with Gasteiger partial charge in [0.1, 0.15) is 11.4 Å². The van der Waals surface area contributed by atoms with Crippen molar-refractivity contribution in [3.8, 4) is 0 Å². The molecule has 1 rings (SSSR count). The van der Waals surface area contributed by atoms with Gasteiger partial charge in [-0.3, -0.25) is 0 Å². The predicted octanol–water partition coefficient (Wildman–Crippen LogP) is 2.70. The van der Waals surface area contributed by atoms with Crippen molar-refractivity contribution in [3.63, 3.8) is 0 Å². The maximum Gasteiger partial charge on any atom is 0.344 e. The lowest BCUT2D eigenvalue weighted by Crippen LogP contribution is -2.40. The highest BCUT2D eigenvalue weighted by atomic mass is 79.9. The number of esters is 1. The third kappa shape index (κ3) is 3.05. The zero-order chi connectivity index (χ0) is 13.9. The van der Waals surface area contributed by atoms with E-state index in [4.69, 9.17) is 0 Å². The van der Waals surface area contributed by atoms with Crippen LogP contribution in [0.5, 0.6) is 0 Å². The fourth-order valence-corrected chi connectivity index (χ4v) is 2.23. The van der Waals surface area contributed by atoms with Crippen LogP contribution in [0.2, 0.25) is 0 Å². The molecular weight excluding hydrogens is 310 g/mol. The van der Waals surface area contributed by atoms with Gasteiger partial charge in [-0.2, -0.15) is 0 Å². The van der Waals surface area contributed by atoms with E-state index in [2.05, 4.69) is 20.7 Å². The van der Waals surface area contributed by atoms with Crippen molar-refractivity contribution in [1.29, 1.82) is 0 Å². The summed E-state index contributed by atoms with van der Waals surface area (Å²) in [5, 5.41) is 10.1. The maximum atomic E-state index is 13.9. The quantitative estimate of drug-likeness (QED) is 0.867. The highest BCUT2D eigenvalue weighted by Gasteiger charge is 2.41. The largest absolute Gasteiger partial charge is 0.464 e. The van der Waals surface area contributed by atoms with Crippen molar-refractivity contribution >= 4 is 21.9 Å². The van der Waals surface area contributed by atoms with Crippen LogP contribution in [0.15, 0.2) is 22.7 Å². The summed E-state index contributed by atoms with van der Waals surface area (Å²) in [6.45, 7) is 2.68. The van der Waals surface area contributed by atoms with Crippen molar-refractivity contribution < 1.29 is 23.4 Å². The lowest BCUT2D eigenvalue weighted by molar-refractivity contribution is -0.160. The first-order chi connectivity index (χ1) is 8.30. The molecule has 0 saturated heterocycles. The molecule has 0 spiro atoms. The van der Waals surface area contributed by atoms with Crippen LogP contribution >= 0.6 is 15.9 Å². The molecule has 1 aromatic rings. The minimum Gasteiger partial charge on any atom is -0.464 e. The highest BCUT2D eigenvalue weighted by Crippen LogP contribution is 2.33. The molecule has 1 N–H and O–H groups in total. The van der Waals surface area contributed by atoms with E-state index in [1.165, 1.54) is 13.0 Å². The summed E-state index contributed by atoms with van der Waals surface area (Å²) in [5.74, 6) is -1.69. The lowest BCUT2D eigenvalue weighted by atomic mass is 9.91. The molecule has 0 radical (unpaired) electrons. The fourth-order valence-electron chi connectivity index (χ4n) is 1.48. The van der Waals surface area contributed by atoms with Gasteiger partial charge in [0.15, 0.2) is 0 Å². The van der Waals surface area contributed by atoms with Crippen molar-refractivity contribution in [3.05, 3.63) is 34.1 Å². The molecule has 0 aliphatic carbocycles. The van der Waals surface area contributed by atoms with Crippen LogP contribution in [-0.2, 0) is 15.1 Å². The van der Waals surface area contributed by atoms with E-state index in [0.717, 1.165) is 19.1 Å². The summed E-state index contributed by atoms with van der Waals surface area (Å²) in [7, 11) is 0. The molecule has 18 heavy (non-hydrogen) atoms. The molecule has 0 saturated carbocycles. The van der Waals surface area contributed by atoms with E-state index in [-0.39, 0.29) is 16.6 Å². The third-order valence-corrected chi connectivity index (χ3v) is 3.12. The Bertz CT molecular complexity index is 449. The van der Waals surface area contributed by atoms with Gasteiger partial charge in [-0.05, 0) is 26.0 Å². The number of carbonyl (C=O) groups is 1. The van der Waals surface area contributed by atoms with E-state index in [1.807, 2.05) is 0 Å². The molecule has 0 bridgehead atoms. The maximum absolute atomic E-state index is 13.9. The lowest BCUT2D eigenvalue weighted by Gasteiger charge is -2.27. The fraction of sp³-hybridized carbons (Fsp3) is 0.417. The standard InChI is InChI=1S/C12H13BrF2O3/c1-3-18-11(16)10(15)12(2,17)8-5-4-7(14)6-9(8)13/h4-6,10,17H,3H2,1-2H3. The molecule has 0 amide bonds. The molecule has 2 atom stereocenters. The first-order valence-electron chi connectivity index (χ1n) is 5.29. The monoisotopic (exact) mass is 322 g/mol. The Hall–Kier alpha value is -1.01. The van der Waals surface area contributed by atoms with Gasteiger partial charge in [0.2, 0.25) is 6.17 Å². The van der Waals surface area contributed by atoms with Gasteiger partial charge >= 0.3 is 5.97 Å². The summed E-state index contributed by atoms with van der Waals surface area (Å²) in [5.41, 5.74) is -2.02. The van der Waals surface area contributed by atoms with Crippen LogP contribution in [0, 0.1) is 5.82 Å². The Morgan fingerprint density at radius 2 is 2.22 bits per heavy atom. The Morgan fingerprint density at radius 3 is 2.72 bits per heavy atom.